The molecule has 0 aliphatic rings. The van der Waals surface area contributed by atoms with Gasteiger partial charge in [-0.2, -0.15) is 5.26 Å². The Kier molecular flexibility index (Phi) is 6.28. The molecule has 0 amide bonds. The quantitative estimate of drug-likeness (QED) is 0.657. The third-order valence-electron chi connectivity index (χ3n) is 3.05. The summed E-state index contributed by atoms with van der Waals surface area (Å²) in [4.78, 5) is 0. The van der Waals surface area contributed by atoms with E-state index < -0.39 is 0 Å². The van der Waals surface area contributed by atoms with Gasteiger partial charge in [0.2, 0.25) is 0 Å². The molecule has 0 saturated carbocycles. The Labute approximate surface area is 111 Å². The lowest BCUT2D eigenvalue weighted by Gasteiger charge is -2.15. The minimum atomic E-state index is 0.177. The predicted octanol–water partition coefficient (Wildman–Crippen LogP) is 4.60. The van der Waals surface area contributed by atoms with Crippen LogP contribution in [0.1, 0.15) is 57.1 Å². The van der Waals surface area contributed by atoms with Gasteiger partial charge in [-0.15, -0.1) is 0 Å². The molecule has 0 radical (unpaired) electrons. The van der Waals surface area contributed by atoms with Crippen molar-refractivity contribution >= 4 is 0 Å². The number of nitriles is 1. The summed E-state index contributed by atoms with van der Waals surface area (Å²) in [5.41, 5.74) is 1.73. The highest BCUT2D eigenvalue weighted by molar-refractivity contribution is 5.45. The molecule has 0 heterocycles. The van der Waals surface area contributed by atoms with Gasteiger partial charge >= 0.3 is 0 Å². The molecule has 0 aliphatic heterocycles. The fourth-order valence-electron chi connectivity index (χ4n) is 1.97. The van der Waals surface area contributed by atoms with Gasteiger partial charge in [-0.05, 0) is 44.4 Å². The van der Waals surface area contributed by atoms with Gasteiger partial charge in [0.25, 0.3) is 0 Å². The first-order chi connectivity index (χ1) is 8.67. The number of ether oxygens (including phenoxy) is 1. The lowest BCUT2D eigenvalue weighted by molar-refractivity contribution is 0.206. The van der Waals surface area contributed by atoms with E-state index in [2.05, 4.69) is 19.9 Å². The highest BCUT2D eigenvalue weighted by atomic mass is 16.5. The van der Waals surface area contributed by atoms with Crippen LogP contribution in [0.3, 0.4) is 0 Å². The number of hydrogen-bond donors (Lipinski definition) is 0. The second kappa shape index (κ2) is 7.76. The molecule has 0 spiro atoms. The average Bonchev–Trinajstić information content (AvgIpc) is 2.37. The van der Waals surface area contributed by atoms with Crippen LogP contribution < -0.4 is 4.74 Å². The third-order valence-corrected chi connectivity index (χ3v) is 3.05. The number of nitrogens with zero attached hydrogens (tertiary/aromatic N) is 1. The number of aryl methyl sites for hydroxylation is 1. The minimum Gasteiger partial charge on any atom is -0.489 e. The van der Waals surface area contributed by atoms with E-state index in [-0.39, 0.29) is 6.10 Å². The summed E-state index contributed by atoms with van der Waals surface area (Å²) >= 11 is 0. The molecule has 0 saturated heterocycles. The first-order valence-electron chi connectivity index (χ1n) is 6.84. The molecular formula is C16H23NO. The Hall–Kier alpha value is -1.49. The SMILES string of the molecule is CCCCCCC(C)Oc1ccc(C)cc1C#N. The van der Waals surface area contributed by atoms with Crippen molar-refractivity contribution in [3.05, 3.63) is 29.3 Å². The van der Waals surface area contributed by atoms with Crippen molar-refractivity contribution < 1.29 is 4.74 Å². The summed E-state index contributed by atoms with van der Waals surface area (Å²) in [6.07, 6.45) is 6.24. The van der Waals surface area contributed by atoms with Crippen molar-refractivity contribution in [2.45, 2.75) is 59.0 Å². The van der Waals surface area contributed by atoms with Gasteiger partial charge < -0.3 is 4.74 Å². The maximum absolute atomic E-state index is 9.07. The topological polar surface area (TPSA) is 33.0 Å². The zero-order valence-electron chi connectivity index (χ0n) is 11.7. The van der Waals surface area contributed by atoms with E-state index in [1.807, 2.05) is 25.1 Å². The van der Waals surface area contributed by atoms with Crippen LogP contribution in [0.2, 0.25) is 0 Å². The van der Waals surface area contributed by atoms with Gasteiger partial charge in [-0.1, -0.05) is 32.3 Å². The average molecular weight is 245 g/mol. The summed E-state index contributed by atoms with van der Waals surface area (Å²) < 4.78 is 5.85. The zero-order chi connectivity index (χ0) is 13.4. The molecule has 0 aliphatic carbocycles. The van der Waals surface area contributed by atoms with Crippen LogP contribution in [0.4, 0.5) is 0 Å². The van der Waals surface area contributed by atoms with Gasteiger partial charge in [0.05, 0.1) is 11.7 Å². The lowest BCUT2D eigenvalue weighted by atomic mass is 10.1. The molecule has 98 valence electrons. The first kappa shape index (κ1) is 14.6. The monoisotopic (exact) mass is 245 g/mol. The number of unbranched alkanes of at least 4 members (excludes halogenated alkanes) is 3. The Morgan fingerprint density at radius 1 is 1.28 bits per heavy atom. The van der Waals surface area contributed by atoms with Crippen LogP contribution in [0.5, 0.6) is 5.75 Å². The Balaban J connectivity index is 2.49. The van der Waals surface area contributed by atoms with Crippen molar-refractivity contribution in [3.8, 4) is 11.8 Å². The van der Waals surface area contributed by atoms with E-state index in [0.717, 1.165) is 12.0 Å². The highest BCUT2D eigenvalue weighted by Gasteiger charge is 2.08. The molecule has 1 aromatic rings. The molecule has 0 bridgehead atoms. The van der Waals surface area contributed by atoms with E-state index >= 15 is 0 Å². The van der Waals surface area contributed by atoms with Gasteiger partial charge in [-0.3, -0.25) is 0 Å². The summed E-state index contributed by atoms with van der Waals surface area (Å²) in [6.45, 7) is 6.27. The molecule has 0 fully saturated rings. The first-order valence-corrected chi connectivity index (χ1v) is 6.84. The number of rotatable bonds is 7. The molecule has 18 heavy (non-hydrogen) atoms. The Bertz CT molecular complexity index is 406. The molecule has 1 atom stereocenters. The van der Waals surface area contributed by atoms with E-state index in [9.17, 15) is 0 Å². The van der Waals surface area contributed by atoms with Crippen molar-refractivity contribution in [1.82, 2.24) is 0 Å². The number of benzene rings is 1. The van der Waals surface area contributed by atoms with Crippen molar-refractivity contribution in [3.63, 3.8) is 0 Å². The largest absolute Gasteiger partial charge is 0.489 e. The summed E-state index contributed by atoms with van der Waals surface area (Å²) in [5.74, 6) is 0.714. The molecule has 1 unspecified atom stereocenters. The van der Waals surface area contributed by atoms with Gasteiger partial charge in [0, 0.05) is 0 Å². The predicted molar refractivity (Wildman–Crippen MR) is 74.7 cm³/mol. The van der Waals surface area contributed by atoms with Crippen LogP contribution in [-0.4, -0.2) is 6.10 Å². The standard InChI is InChI=1S/C16H23NO/c1-4-5-6-7-8-14(3)18-16-10-9-13(2)11-15(16)12-17/h9-11,14H,4-8H2,1-3H3. The molecule has 0 N–H and O–H groups in total. The van der Waals surface area contributed by atoms with Crippen molar-refractivity contribution in [2.24, 2.45) is 0 Å². The molecular weight excluding hydrogens is 222 g/mol. The van der Waals surface area contributed by atoms with Crippen LogP contribution in [0.15, 0.2) is 18.2 Å². The van der Waals surface area contributed by atoms with E-state index in [1.165, 1.54) is 25.7 Å². The van der Waals surface area contributed by atoms with Crippen LogP contribution in [0, 0.1) is 18.3 Å². The van der Waals surface area contributed by atoms with Gasteiger partial charge in [0.15, 0.2) is 0 Å². The second-order valence-corrected chi connectivity index (χ2v) is 4.89. The fraction of sp³-hybridized carbons (Fsp3) is 0.562. The maximum Gasteiger partial charge on any atom is 0.137 e. The maximum atomic E-state index is 9.07. The van der Waals surface area contributed by atoms with Crippen LogP contribution in [0.25, 0.3) is 0 Å². The molecule has 1 rings (SSSR count). The fourth-order valence-corrected chi connectivity index (χ4v) is 1.97. The molecule has 2 nitrogen and oxygen atoms in total. The van der Waals surface area contributed by atoms with Crippen LogP contribution in [-0.2, 0) is 0 Å². The van der Waals surface area contributed by atoms with E-state index in [1.54, 1.807) is 0 Å². The van der Waals surface area contributed by atoms with Gasteiger partial charge in [0.1, 0.15) is 11.8 Å². The molecule has 0 aromatic heterocycles. The summed E-state index contributed by atoms with van der Waals surface area (Å²) in [6, 6.07) is 7.95. The lowest BCUT2D eigenvalue weighted by Crippen LogP contribution is -2.12. The third kappa shape index (κ3) is 4.79. The minimum absolute atomic E-state index is 0.177. The summed E-state index contributed by atoms with van der Waals surface area (Å²) in [5, 5.41) is 9.07. The summed E-state index contributed by atoms with van der Waals surface area (Å²) in [7, 11) is 0. The Morgan fingerprint density at radius 2 is 2.06 bits per heavy atom. The van der Waals surface area contributed by atoms with Crippen LogP contribution >= 0.6 is 0 Å². The smallest absolute Gasteiger partial charge is 0.137 e. The van der Waals surface area contributed by atoms with E-state index in [0.29, 0.717) is 11.3 Å². The molecule has 2 heteroatoms. The normalized spacial score (nSPS) is 11.9. The van der Waals surface area contributed by atoms with E-state index in [4.69, 9.17) is 10.00 Å². The highest BCUT2D eigenvalue weighted by Crippen LogP contribution is 2.21. The van der Waals surface area contributed by atoms with Gasteiger partial charge in [-0.25, -0.2) is 0 Å². The van der Waals surface area contributed by atoms with Crippen molar-refractivity contribution in [2.75, 3.05) is 0 Å². The van der Waals surface area contributed by atoms with Crippen molar-refractivity contribution in [1.29, 1.82) is 5.26 Å². The number of hydrogen-bond acceptors (Lipinski definition) is 2. The second-order valence-electron chi connectivity index (χ2n) is 4.89. The zero-order valence-corrected chi connectivity index (χ0v) is 11.7. The Morgan fingerprint density at radius 3 is 2.72 bits per heavy atom. The molecule has 1 aromatic carbocycles.